The van der Waals surface area contributed by atoms with Crippen LogP contribution in [0.3, 0.4) is 0 Å². The summed E-state index contributed by atoms with van der Waals surface area (Å²) in [7, 11) is 0. The molecule has 1 atom stereocenters. The molecule has 0 fully saturated rings. The molecule has 4 heteroatoms. The number of alkyl halides is 1. The molecule has 0 spiro atoms. The van der Waals surface area contributed by atoms with Crippen molar-refractivity contribution in [3.05, 3.63) is 66.2 Å². The molecule has 0 saturated carbocycles. The van der Waals surface area contributed by atoms with Crippen LogP contribution >= 0.6 is 11.6 Å². The van der Waals surface area contributed by atoms with E-state index in [0.717, 1.165) is 5.56 Å². The van der Waals surface area contributed by atoms with Crippen LogP contribution in [0, 0.1) is 11.3 Å². The molecule has 0 aliphatic rings. The summed E-state index contributed by atoms with van der Waals surface area (Å²) in [6.07, 6.45) is 0.196. The third kappa shape index (κ3) is 3.62. The minimum Gasteiger partial charge on any atom is -0.292 e. The zero-order valence-electron chi connectivity index (χ0n) is 11.4. The Balaban J connectivity index is 2.43. The molecule has 0 unspecified atom stereocenters. The van der Waals surface area contributed by atoms with Gasteiger partial charge in [-0.25, -0.2) is 0 Å². The lowest BCUT2D eigenvalue weighted by atomic mass is 10.1. The number of benzene rings is 2. The Morgan fingerprint density at radius 2 is 1.67 bits per heavy atom. The summed E-state index contributed by atoms with van der Waals surface area (Å²) in [5.74, 6) is 0.0707. The summed E-state index contributed by atoms with van der Waals surface area (Å²) in [5, 5.41) is 9.55. The second kappa shape index (κ2) is 7.47. The number of hydrogen-bond donors (Lipinski definition) is 0. The van der Waals surface area contributed by atoms with Gasteiger partial charge in [-0.3, -0.25) is 9.69 Å². The van der Waals surface area contributed by atoms with Gasteiger partial charge in [0.05, 0.1) is 6.07 Å². The first-order valence-electron chi connectivity index (χ1n) is 6.65. The maximum absolute atomic E-state index is 12.4. The van der Waals surface area contributed by atoms with Crippen molar-refractivity contribution >= 4 is 23.2 Å². The Morgan fingerprint density at radius 3 is 2.19 bits per heavy atom. The van der Waals surface area contributed by atoms with Crippen molar-refractivity contribution in [2.24, 2.45) is 0 Å². The molecule has 21 heavy (non-hydrogen) atoms. The molecular weight excluding hydrogens is 284 g/mol. The first-order chi connectivity index (χ1) is 10.3. The van der Waals surface area contributed by atoms with Crippen molar-refractivity contribution in [1.29, 1.82) is 5.26 Å². The molecule has 2 aromatic carbocycles. The maximum atomic E-state index is 12.4. The predicted octanol–water partition coefficient (Wildman–Crippen LogP) is 3.91. The molecule has 2 rings (SSSR count). The fourth-order valence-corrected chi connectivity index (χ4v) is 2.31. The monoisotopic (exact) mass is 298 g/mol. The van der Waals surface area contributed by atoms with Crippen LogP contribution in [-0.4, -0.2) is 11.8 Å². The van der Waals surface area contributed by atoms with E-state index < -0.39 is 6.04 Å². The molecule has 0 N–H and O–H groups in total. The summed E-state index contributed by atoms with van der Waals surface area (Å²) in [5.41, 5.74) is 1.48. The van der Waals surface area contributed by atoms with E-state index >= 15 is 0 Å². The largest absolute Gasteiger partial charge is 0.292 e. The maximum Gasteiger partial charge on any atom is 0.229 e. The Labute approximate surface area is 129 Å². The van der Waals surface area contributed by atoms with Crippen LogP contribution in [0.2, 0.25) is 0 Å². The van der Waals surface area contributed by atoms with E-state index in [2.05, 4.69) is 6.07 Å². The fraction of sp³-hybridized carbons (Fsp3) is 0.176. The van der Waals surface area contributed by atoms with Crippen LogP contribution < -0.4 is 4.90 Å². The normalized spacial score (nSPS) is 11.4. The number of hydrogen-bond acceptors (Lipinski definition) is 2. The van der Waals surface area contributed by atoms with Gasteiger partial charge in [0.25, 0.3) is 0 Å². The number of amides is 1. The number of nitrogens with zero attached hydrogens (tertiary/aromatic N) is 2. The third-order valence-electron chi connectivity index (χ3n) is 3.11. The van der Waals surface area contributed by atoms with Gasteiger partial charge in [-0.1, -0.05) is 48.5 Å². The molecule has 106 valence electrons. The summed E-state index contributed by atoms with van der Waals surface area (Å²) >= 11 is 5.69. The van der Waals surface area contributed by atoms with Crippen molar-refractivity contribution in [1.82, 2.24) is 0 Å². The molecular formula is C17H15ClN2O. The summed E-state index contributed by atoms with van der Waals surface area (Å²) in [6, 6.07) is 20.0. The summed E-state index contributed by atoms with van der Waals surface area (Å²) in [6.45, 7) is 0. The Kier molecular flexibility index (Phi) is 5.36. The van der Waals surface area contributed by atoms with Gasteiger partial charge in [0.15, 0.2) is 0 Å². The van der Waals surface area contributed by atoms with Crippen LogP contribution in [0.25, 0.3) is 0 Å². The van der Waals surface area contributed by atoms with Crippen molar-refractivity contribution in [3.8, 4) is 6.07 Å². The van der Waals surface area contributed by atoms with E-state index in [4.69, 9.17) is 11.6 Å². The third-order valence-corrected chi connectivity index (χ3v) is 3.30. The standard InChI is InChI=1S/C17H15ClN2O/c18-12-11-17(21)20(15-9-5-2-6-10-15)16(13-19)14-7-3-1-4-8-14/h1-10,16H,11-12H2/t16-/m0/s1. The smallest absolute Gasteiger partial charge is 0.229 e. The topological polar surface area (TPSA) is 44.1 Å². The van der Waals surface area contributed by atoms with Gasteiger partial charge in [-0.05, 0) is 17.7 Å². The van der Waals surface area contributed by atoms with Crippen molar-refractivity contribution < 1.29 is 4.79 Å². The number of rotatable bonds is 5. The molecule has 0 aliphatic heterocycles. The van der Waals surface area contributed by atoms with Crippen molar-refractivity contribution in [3.63, 3.8) is 0 Å². The molecule has 0 radical (unpaired) electrons. The van der Waals surface area contributed by atoms with Gasteiger partial charge >= 0.3 is 0 Å². The van der Waals surface area contributed by atoms with Gasteiger partial charge in [0, 0.05) is 18.0 Å². The number of halogens is 1. The van der Waals surface area contributed by atoms with Gasteiger partial charge in [0.1, 0.15) is 6.04 Å². The quantitative estimate of drug-likeness (QED) is 0.785. The van der Waals surface area contributed by atoms with E-state index in [1.54, 1.807) is 0 Å². The van der Waals surface area contributed by atoms with E-state index in [1.165, 1.54) is 4.90 Å². The van der Waals surface area contributed by atoms with Crippen molar-refractivity contribution in [2.75, 3.05) is 10.8 Å². The molecule has 2 aromatic rings. The van der Waals surface area contributed by atoms with Crippen LogP contribution in [-0.2, 0) is 4.79 Å². The Bertz CT molecular complexity index is 622. The van der Waals surface area contributed by atoms with E-state index in [9.17, 15) is 10.1 Å². The molecule has 0 aromatic heterocycles. The van der Waals surface area contributed by atoms with Crippen LogP contribution in [0.4, 0.5) is 5.69 Å². The average molecular weight is 299 g/mol. The Hall–Kier alpha value is -2.31. The van der Waals surface area contributed by atoms with E-state index in [0.29, 0.717) is 5.69 Å². The molecule has 0 saturated heterocycles. The summed E-state index contributed by atoms with van der Waals surface area (Å²) in [4.78, 5) is 13.9. The highest BCUT2D eigenvalue weighted by molar-refractivity contribution is 6.19. The first kappa shape index (κ1) is 15.1. The number of carbonyl (C=O) groups excluding carboxylic acids is 1. The van der Waals surface area contributed by atoms with Gasteiger partial charge in [-0.2, -0.15) is 5.26 Å². The van der Waals surface area contributed by atoms with Crippen LogP contribution in [0.1, 0.15) is 18.0 Å². The van der Waals surface area contributed by atoms with Crippen LogP contribution in [0.15, 0.2) is 60.7 Å². The lowest BCUT2D eigenvalue weighted by Crippen LogP contribution is -2.34. The molecule has 1 amide bonds. The zero-order chi connectivity index (χ0) is 15.1. The van der Waals surface area contributed by atoms with E-state index in [-0.39, 0.29) is 18.2 Å². The number of carbonyl (C=O) groups is 1. The van der Waals surface area contributed by atoms with Gasteiger partial charge in [0.2, 0.25) is 5.91 Å². The van der Waals surface area contributed by atoms with E-state index in [1.807, 2.05) is 60.7 Å². The zero-order valence-corrected chi connectivity index (χ0v) is 12.2. The molecule has 3 nitrogen and oxygen atoms in total. The predicted molar refractivity (Wildman–Crippen MR) is 84.1 cm³/mol. The lowest BCUT2D eigenvalue weighted by Gasteiger charge is -2.27. The second-order valence-corrected chi connectivity index (χ2v) is 4.86. The highest BCUT2D eigenvalue weighted by atomic mass is 35.5. The number of para-hydroxylation sites is 1. The number of nitriles is 1. The van der Waals surface area contributed by atoms with Gasteiger partial charge in [-0.15, -0.1) is 11.6 Å². The molecule has 0 heterocycles. The average Bonchev–Trinajstić information content (AvgIpc) is 2.54. The van der Waals surface area contributed by atoms with Crippen molar-refractivity contribution in [2.45, 2.75) is 12.5 Å². The molecule has 0 bridgehead atoms. The van der Waals surface area contributed by atoms with Gasteiger partial charge < -0.3 is 0 Å². The lowest BCUT2D eigenvalue weighted by molar-refractivity contribution is -0.118. The second-order valence-electron chi connectivity index (χ2n) is 4.48. The van der Waals surface area contributed by atoms with Crippen LogP contribution in [0.5, 0.6) is 0 Å². The highest BCUT2D eigenvalue weighted by Crippen LogP contribution is 2.27. The Morgan fingerprint density at radius 1 is 1.10 bits per heavy atom. The highest BCUT2D eigenvalue weighted by Gasteiger charge is 2.25. The SMILES string of the molecule is N#C[C@@H](c1ccccc1)N(C(=O)CCCl)c1ccccc1. The number of anilines is 1. The minimum atomic E-state index is -0.663. The summed E-state index contributed by atoms with van der Waals surface area (Å²) < 4.78 is 0. The first-order valence-corrected chi connectivity index (χ1v) is 7.19. The minimum absolute atomic E-state index is 0.161. The molecule has 0 aliphatic carbocycles. The fourth-order valence-electron chi connectivity index (χ4n) is 2.14.